The van der Waals surface area contributed by atoms with Gasteiger partial charge in [0.05, 0.1) is 5.92 Å². The van der Waals surface area contributed by atoms with Crippen molar-refractivity contribution in [1.82, 2.24) is 0 Å². The molecule has 3 nitrogen and oxygen atoms in total. The Morgan fingerprint density at radius 1 is 0.879 bits per heavy atom. The highest BCUT2D eigenvalue weighted by atomic mass is 16.5. The second-order valence-corrected chi connectivity index (χ2v) is 11.0. The van der Waals surface area contributed by atoms with Crippen molar-refractivity contribution in [2.45, 2.75) is 90.4 Å². The Kier molecular flexibility index (Phi) is 8.92. The molecule has 0 radical (unpaired) electrons. The van der Waals surface area contributed by atoms with Crippen molar-refractivity contribution >= 4 is 5.97 Å². The van der Waals surface area contributed by atoms with Gasteiger partial charge in [0.25, 0.3) is 0 Å². The molecule has 0 bridgehead atoms. The highest BCUT2D eigenvalue weighted by Crippen LogP contribution is 2.49. The second kappa shape index (κ2) is 12.1. The summed E-state index contributed by atoms with van der Waals surface area (Å²) in [5, 5.41) is 0. The lowest BCUT2D eigenvalue weighted by atomic mass is 9.60. The summed E-state index contributed by atoms with van der Waals surface area (Å²) in [6.45, 7) is 6.45. The number of hydrogen-bond acceptors (Lipinski definition) is 3. The summed E-state index contributed by atoms with van der Waals surface area (Å²) >= 11 is 0. The van der Waals surface area contributed by atoms with E-state index < -0.39 is 0 Å². The number of unbranched alkanes of at least 4 members (excludes halogenated alkanes) is 1. The van der Waals surface area contributed by atoms with Gasteiger partial charge in [-0.05, 0) is 112 Å². The van der Waals surface area contributed by atoms with Gasteiger partial charge >= 0.3 is 5.97 Å². The molecule has 0 aromatic heterocycles. The number of rotatable bonds is 9. The van der Waals surface area contributed by atoms with Gasteiger partial charge in [0.2, 0.25) is 0 Å². The van der Waals surface area contributed by atoms with Gasteiger partial charge in [0.1, 0.15) is 18.1 Å². The Morgan fingerprint density at radius 2 is 1.48 bits per heavy atom. The Morgan fingerprint density at radius 3 is 2.18 bits per heavy atom. The molecule has 0 aliphatic heterocycles. The van der Waals surface area contributed by atoms with E-state index in [0.29, 0.717) is 12.4 Å². The van der Waals surface area contributed by atoms with Gasteiger partial charge in [-0.2, -0.15) is 0 Å². The largest absolute Gasteiger partial charge is 0.490 e. The smallest absolute Gasteiger partial charge is 0.314 e. The van der Waals surface area contributed by atoms with Crippen LogP contribution in [0.1, 0.15) is 90.4 Å². The lowest BCUT2D eigenvalue weighted by Crippen LogP contribution is -2.35. The van der Waals surface area contributed by atoms with E-state index in [1.165, 1.54) is 70.6 Å². The average Bonchev–Trinajstić information content (AvgIpc) is 2.86. The van der Waals surface area contributed by atoms with E-state index in [0.717, 1.165) is 48.2 Å². The van der Waals surface area contributed by atoms with Gasteiger partial charge in [-0.15, -0.1) is 0 Å². The lowest BCUT2D eigenvalue weighted by molar-refractivity contribution is -0.140. The molecule has 4 atom stereocenters. The van der Waals surface area contributed by atoms with Crippen LogP contribution in [0.2, 0.25) is 0 Å². The molecule has 3 fully saturated rings. The molecule has 4 unspecified atom stereocenters. The van der Waals surface area contributed by atoms with Crippen LogP contribution < -0.4 is 9.47 Å². The maximum atomic E-state index is 12.7. The van der Waals surface area contributed by atoms with Crippen molar-refractivity contribution in [3.8, 4) is 11.5 Å². The summed E-state index contributed by atoms with van der Waals surface area (Å²) in [7, 11) is 0. The third-order valence-corrected chi connectivity index (χ3v) is 8.91. The van der Waals surface area contributed by atoms with E-state index in [-0.39, 0.29) is 11.9 Å². The number of esters is 1. The predicted octanol–water partition coefficient (Wildman–Crippen LogP) is 7.99. The van der Waals surface area contributed by atoms with Crippen LogP contribution in [0.5, 0.6) is 11.5 Å². The SMILES string of the molecule is C=CCOc1ccc(OC(=O)C2CCC(C3CCC4CC(CCCC)CCC4C3)CC2)cc1. The van der Waals surface area contributed by atoms with E-state index in [1.807, 2.05) is 24.3 Å². The number of benzene rings is 1. The number of fused-ring (bicyclic) bond motifs is 1. The van der Waals surface area contributed by atoms with Gasteiger partial charge in [-0.25, -0.2) is 0 Å². The normalized spacial score (nSPS) is 31.9. The molecule has 3 aliphatic rings. The van der Waals surface area contributed by atoms with Crippen LogP contribution >= 0.6 is 0 Å². The van der Waals surface area contributed by atoms with Gasteiger partial charge in [0, 0.05) is 0 Å². The first-order valence-corrected chi connectivity index (χ1v) is 13.7. The molecule has 0 saturated heterocycles. The number of hydrogen-bond donors (Lipinski definition) is 0. The third-order valence-electron chi connectivity index (χ3n) is 8.91. The van der Waals surface area contributed by atoms with Crippen molar-refractivity contribution in [3.63, 3.8) is 0 Å². The van der Waals surface area contributed by atoms with Crippen molar-refractivity contribution in [2.24, 2.45) is 35.5 Å². The molecule has 3 heteroatoms. The predicted molar refractivity (Wildman–Crippen MR) is 134 cm³/mol. The maximum Gasteiger partial charge on any atom is 0.314 e. The first kappa shape index (κ1) is 24.4. The minimum absolute atomic E-state index is 0.0534. The monoisotopic (exact) mass is 452 g/mol. The van der Waals surface area contributed by atoms with E-state index in [4.69, 9.17) is 9.47 Å². The van der Waals surface area contributed by atoms with Crippen molar-refractivity contribution in [1.29, 1.82) is 0 Å². The molecule has 182 valence electrons. The zero-order chi connectivity index (χ0) is 23.0. The number of carbonyl (C=O) groups is 1. The quantitative estimate of drug-likeness (QED) is 0.216. The first-order chi connectivity index (χ1) is 16.2. The topological polar surface area (TPSA) is 35.5 Å². The average molecular weight is 453 g/mol. The van der Waals surface area contributed by atoms with Crippen LogP contribution in [-0.2, 0) is 4.79 Å². The molecule has 0 amide bonds. The molecule has 0 heterocycles. The van der Waals surface area contributed by atoms with E-state index in [2.05, 4.69) is 13.5 Å². The number of carbonyl (C=O) groups excluding carboxylic acids is 1. The van der Waals surface area contributed by atoms with E-state index in [1.54, 1.807) is 6.08 Å². The summed E-state index contributed by atoms with van der Waals surface area (Å²) in [5.74, 6) is 6.12. The molecule has 3 aliphatic carbocycles. The minimum Gasteiger partial charge on any atom is -0.490 e. The van der Waals surface area contributed by atoms with Crippen LogP contribution in [0.3, 0.4) is 0 Å². The summed E-state index contributed by atoms with van der Waals surface area (Å²) in [6.07, 6.45) is 19.2. The summed E-state index contributed by atoms with van der Waals surface area (Å²) in [6, 6.07) is 7.32. The van der Waals surface area contributed by atoms with Crippen LogP contribution in [-0.4, -0.2) is 12.6 Å². The van der Waals surface area contributed by atoms with E-state index in [9.17, 15) is 4.79 Å². The highest BCUT2D eigenvalue weighted by Gasteiger charge is 2.39. The molecule has 0 N–H and O–H groups in total. The molecule has 3 saturated carbocycles. The molecular formula is C30H44O3. The van der Waals surface area contributed by atoms with E-state index >= 15 is 0 Å². The molecule has 1 aromatic carbocycles. The molecule has 33 heavy (non-hydrogen) atoms. The fourth-order valence-corrected chi connectivity index (χ4v) is 6.99. The van der Waals surface area contributed by atoms with Gasteiger partial charge in [0.15, 0.2) is 0 Å². The van der Waals surface area contributed by atoms with Gasteiger partial charge in [-0.1, -0.05) is 45.3 Å². The highest BCUT2D eigenvalue weighted by molar-refractivity contribution is 5.75. The van der Waals surface area contributed by atoms with Gasteiger partial charge in [-0.3, -0.25) is 4.79 Å². The zero-order valence-electron chi connectivity index (χ0n) is 20.7. The second-order valence-electron chi connectivity index (χ2n) is 11.0. The standard InChI is InChI=1S/C30H44O3/c1-3-5-6-22-7-8-27-21-26(14-13-25(27)20-22)23-9-11-24(12-10-23)30(31)33-29-17-15-28(16-18-29)32-19-4-2/h4,15-18,22-27H,2-3,5-14,19-21H2,1H3. The summed E-state index contributed by atoms with van der Waals surface area (Å²) < 4.78 is 11.2. The van der Waals surface area contributed by atoms with Crippen molar-refractivity contribution in [2.75, 3.05) is 6.61 Å². The van der Waals surface area contributed by atoms with Crippen molar-refractivity contribution in [3.05, 3.63) is 36.9 Å². The van der Waals surface area contributed by atoms with Crippen LogP contribution in [0.15, 0.2) is 36.9 Å². The zero-order valence-corrected chi connectivity index (χ0v) is 20.7. The van der Waals surface area contributed by atoms with Crippen LogP contribution in [0, 0.1) is 35.5 Å². The molecular weight excluding hydrogens is 408 g/mol. The van der Waals surface area contributed by atoms with Gasteiger partial charge < -0.3 is 9.47 Å². The molecule has 1 aromatic rings. The fraction of sp³-hybridized carbons (Fsp3) is 0.700. The van der Waals surface area contributed by atoms with Crippen LogP contribution in [0.25, 0.3) is 0 Å². The third kappa shape index (κ3) is 6.64. The first-order valence-electron chi connectivity index (χ1n) is 13.7. The molecule has 0 spiro atoms. The summed E-state index contributed by atoms with van der Waals surface area (Å²) in [4.78, 5) is 12.7. The Balaban J connectivity index is 1.19. The fourth-order valence-electron chi connectivity index (χ4n) is 6.99. The Hall–Kier alpha value is -1.77. The van der Waals surface area contributed by atoms with Crippen LogP contribution in [0.4, 0.5) is 0 Å². The lowest BCUT2D eigenvalue weighted by Gasteiger charge is -2.45. The summed E-state index contributed by atoms with van der Waals surface area (Å²) in [5.41, 5.74) is 0. The van der Waals surface area contributed by atoms with Crippen molar-refractivity contribution < 1.29 is 14.3 Å². The maximum absolute atomic E-state index is 12.7. The minimum atomic E-state index is -0.0534. The molecule has 4 rings (SSSR count). The Labute approximate surface area is 201 Å². The number of ether oxygens (including phenoxy) is 2. The Bertz CT molecular complexity index is 746.